The van der Waals surface area contributed by atoms with Crippen LogP contribution in [0.25, 0.3) is 5.69 Å². The molecule has 0 saturated carbocycles. The Bertz CT molecular complexity index is 779. The van der Waals surface area contributed by atoms with Gasteiger partial charge in [-0.3, -0.25) is 4.98 Å². The van der Waals surface area contributed by atoms with Gasteiger partial charge in [0.15, 0.2) is 0 Å². The fourth-order valence-corrected chi connectivity index (χ4v) is 3.02. The van der Waals surface area contributed by atoms with E-state index in [0.717, 1.165) is 25.3 Å². The summed E-state index contributed by atoms with van der Waals surface area (Å²) >= 11 is 0. The third-order valence-corrected chi connectivity index (χ3v) is 4.31. The minimum atomic E-state index is 0.895. The van der Waals surface area contributed by atoms with Crippen LogP contribution in [0.5, 0.6) is 0 Å². The molecule has 0 aliphatic carbocycles. The summed E-state index contributed by atoms with van der Waals surface area (Å²) in [4.78, 5) is 8.97. The normalized spacial score (nSPS) is 14.0. The molecule has 0 unspecified atom stereocenters. The Balaban J connectivity index is 1.56. The number of hydrogen-bond donors (Lipinski definition) is 0. The summed E-state index contributed by atoms with van der Waals surface area (Å²) in [5, 5.41) is 4.26. The first-order valence-corrected chi connectivity index (χ1v) is 7.80. The Kier molecular flexibility index (Phi) is 3.46. The molecule has 0 radical (unpaired) electrons. The monoisotopic (exact) mass is 305 g/mol. The maximum absolute atomic E-state index is 4.29. The molecular formula is C18H19N5. The van der Waals surface area contributed by atoms with Crippen molar-refractivity contribution in [2.75, 3.05) is 29.9 Å². The van der Waals surface area contributed by atoms with Gasteiger partial charge in [0.1, 0.15) is 0 Å². The molecule has 0 atom stereocenters. The van der Waals surface area contributed by atoms with Gasteiger partial charge in [-0.2, -0.15) is 5.10 Å². The van der Waals surface area contributed by atoms with Crippen molar-refractivity contribution in [3.05, 3.63) is 66.7 Å². The molecule has 1 aliphatic rings. The molecule has 0 spiro atoms. The Labute approximate surface area is 135 Å². The van der Waals surface area contributed by atoms with E-state index in [-0.39, 0.29) is 0 Å². The first-order chi connectivity index (χ1) is 11.3. The summed E-state index contributed by atoms with van der Waals surface area (Å²) in [6, 6.07) is 12.6. The Hall–Kier alpha value is -2.82. The molecule has 0 saturated heterocycles. The zero-order valence-corrected chi connectivity index (χ0v) is 13.1. The van der Waals surface area contributed by atoms with Crippen LogP contribution in [-0.2, 0) is 6.54 Å². The lowest BCUT2D eigenvalue weighted by atomic mass is 10.1. The number of likely N-dealkylation sites (N-methyl/N-ethyl adjacent to an activating group) is 1. The Morgan fingerprint density at radius 2 is 1.87 bits per heavy atom. The molecule has 4 rings (SSSR count). The van der Waals surface area contributed by atoms with Crippen LogP contribution in [0.4, 0.5) is 11.4 Å². The van der Waals surface area contributed by atoms with Crippen molar-refractivity contribution in [2.45, 2.75) is 6.54 Å². The number of hydrogen-bond acceptors (Lipinski definition) is 4. The van der Waals surface area contributed by atoms with Gasteiger partial charge in [0, 0.05) is 45.3 Å². The highest BCUT2D eigenvalue weighted by atomic mass is 15.3. The molecule has 3 heterocycles. The molecule has 2 aromatic heterocycles. The van der Waals surface area contributed by atoms with Crippen LogP contribution in [0.2, 0.25) is 0 Å². The van der Waals surface area contributed by atoms with E-state index in [9.17, 15) is 0 Å². The molecule has 3 aromatic rings. The summed E-state index contributed by atoms with van der Waals surface area (Å²) < 4.78 is 1.87. The van der Waals surface area contributed by atoms with Gasteiger partial charge in [-0.25, -0.2) is 4.68 Å². The molecule has 0 amide bonds. The van der Waals surface area contributed by atoms with E-state index >= 15 is 0 Å². The number of fused-ring (bicyclic) bond motifs is 1. The van der Waals surface area contributed by atoms with E-state index in [1.165, 1.54) is 16.9 Å². The second-order valence-electron chi connectivity index (χ2n) is 5.82. The highest BCUT2D eigenvalue weighted by molar-refractivity contribution is 5.72. The summed E-state index contributed by atoms with van der Waals surface area (Å²) in [5.74, 6) is 0. The lowest BCUT2D eigenvalue weighted by molar-refractivity contribution is 0.732. The van der Waals surface area contributed by atoms with Crippen molar-refractivity contribution in [1.29, 1.82) is 0 Å². The number of aromatic nitrogens is 3. The number of pyridine rings is 1. The smallest absolute Gasteiger partial charge is 0.0793 e. The molecule has 1 aromatic carbocycles. The van der Waals surface area contributed by atoms with E-state index in [1.807, 2.05) is 29.3 Å². The molecule has 5 nitrogen and oxygen atoms in total. The average Bonchev–Trinajstić information content (AvgIpc) is 3.13. The minimum absolute atomic E-state index is 0.895. The molecule has 0 fully saturated rings. The molecule has 116 valence electrons. The predicted octanol–water partition coefficient (Wildman–Crippen LogP) is 2.72. The maximum Gasteiger partial charge on any atom is 0.0793 e. The highest BCUT2D eigenvalue weighted by Gasteiger charge is 2.20. The van der Waals surface area contributed by atoms with Gasteiger partial charge in [0.25, 0.3) is 0 Å². The van der Waals surface area contributed by atoms with Crippen LogP contribution in [0.15, 0.2) is 61.2 Å². The SMILES string of the molecule is CN1CCN(Cc2ccc(-n3cccn3)cc2)c2cnccc21. The highest BCUT2D eigenvalue weighted by Crippen LogP contribution is 2.31. The number of nitrogens with zero attached hydrogens (tertiary/aromatic N) is 5. The fourth-order valence-electron chi connectivity index (χ4n) is 3.02. The quantitative estimate of drug-likeness (QED) is 0.745. The molecule has 1 aliphatic heterocycles. The third-order valence-electron chi connectivity index (χ3n) is 4.31. The van der Waals surface area contributed by atoms with Gasteiger partial charge in [0.05, 0.1) is 23.3 Å². The lowest BCUT2D eigenvalue weighted by Crippen LogP contribution is -2.38. The van der Waals surface area contributed by atoms with Crippen LogP contribution in [-0.4, -0.2) is 34.9 Å². The number of rotatable bonds is 3. The minimum Gasteiger partial charge on any atom is -0.371 e. The van der Waals surface area contributed by atoms with Crippen LogP contribution in [0.3, 0.4) is 0 Å². The van der Waals surface area contributed by atoms with Crippen molar-refractivity contribution >= 4 is 11.4 Å². The van der Waals surface area contributed by atoms with E-state index in [4.69, 9.17) is 0 Å². The van der Waals surface area contributed by atoms with E-state index in [1.54, 1.807) is 6.20 Å². The van der Waals surface area contributed by atoms with E-state index in [2.05, 4.69) is 57.3 Å². The van der Waals surface area contributed by atoms with Gasteiger partial charge in [-0.1, -0.05) is 12.1 Å². The molecule has 0 N–H and O–H groups in total. The molecule has 5 heteroatoms. The standard InChI is InChI=1S/C18H19N5/c1-21-11-12-22(18-13-19-9-7-17(18)21)14-15-3-5-16(6-4-15)23-10-2-8-20-23/h2-10,13H,11-12,14H2,1H3. The summed E-state index contributed by atoms with van der Waals surface area (Å²) in [7, 11) is 2.13. The third kappa shape index (κ3) is 2.65. The maximum atomic E-state index is 4.29. The molecule has 0 bridgehead atoms. The van der Waals surface area contributed by atoms with Gasteiger partial charge >= 0.3 is 0 Å². The van der Waals surface area contributed by atoms with Crippen molar-refractivity contribution in [1.82, 2.24) is 14.8 Å². The summed E-state index contributed by atoms with van der Waals surface area (Å²) in [6.45, 7) is 2.93. The fraction of sp³-hybridized carbons (Fsp3) is 0.222. The van der Waals surface area contributed by atoms with Gasteiger partial charge in [-0.05, 0) is 29.8 Å². The second kappa shape index (κ2) is 5.76. The van der Waals surface area contributed by atoms with Crippen LogP contribution < -0.4 is 9.80 Å². The van der Waals surface area contributed by atoms with Gasteiger partial charge in [-0.15, -0.1) is 0 Å². The van der Waals surface area contributed by atoms with Crippen molar-refractivity contribution in [2.24, 2.45) is 0 Å². The van der Waals surface area contributed by atoms with E-state index in [0.29, 0.717) is 0 Å². The Morgan fingerprint density at radius 1 is 1.00 bits per heavy atom. The summed E-state index contributed by atoms with van der Waals surface area (Å²) in [6.07, 6.45) is 7.57. The molecular weight excluding hydrogens is 286 g/mol. The zero-order valence-electron chi connectivity index (χ0n) is 13.1. The predicted molar refractivity (Wildman–Crippen MR) is 92.1 cm³/mol. The average molecular weight is 305 g/mol. The van der Waals surface area contributed by atoms with Crippen LogP contribution in [0.1, 0.15) is 5.56 Å². The topological polar surface area (TPSA) is 37.2 Å². The first-order valence-electron chi connectivity index (χ1n) is 7.80. The molecule has 23 heavy (non-hydrogen) atoms. The number of anilines is 2. The second-order valence-corrected chi connectivity index (χ2v) is 5.82. The lowest BCUT2D eigenvalue weighted by Gasteiger charge is -2.36. The van der Waals surface area contributed by atoms with Crippen molar-refractivity contribution in [3.63, 3.8) is 0 Å². The van der Waals surface area contributed by atoms with Gasteiger partial charge in [0.2, 0.25) is 0 Å². The largest absolute Gasteiger partial charge is 0.371 e. The van der Waals surface area contributed by atoms with Crippen molar-refractivity contribution < 1.29 is 0 Å². The Morgan fingerprint density at radius 3 is 2.65 bits per heavy atom. The van der Waals surface area contributed by atoms with Gasteiger partial charge < -0.3 is 9.80 Å². The number of benzene rings is 1. The van der Waals surface area contributed by atoms with Crippen LogP contribution >= 0.6 is 0 Å². The summed E-state index contributed by atoms with van der Waals surface area (Å²) in [5.41, 5.74) is 4.83. The van der Waals surface area contributed by atoms with Crippen LogP contribution in [0, 0.1) is 0 Å². The van der Waals surface area contributed by atoms with Crippen molar-refractivity contribution in [3.8, 4) is 5.69 Å². The zero-order chi connectivity index (χ0) is 15.6. The van der Waals surface area contributed by atoms with E-state index < -0.39 is 0 Å². The first kappa shape index (κ1) is 13.8.